The summed E-state index contributed by atoms with van der Waals surface area (Å²) in [5.41, 5.74) is 10.1. The third-order valence-corrected chi connectivity index (χ3v) is 10.0. The average Bonchev–Trinajstić information content (AvgIpc) is 3.44. The van der Waals surface area contributed by atoms with Crippen molar-refractivity contribution >= 4 is 23.2 Å². The highest BCUT2D eigenvalue weighted by molar-refractivity contribution is 5.97. The minimum Gasteiger partial charge on any atom is -0.298 e. The van der Waals surface area contributed by atoms with Gasteiger partial charge in [-0.05, 0) is 114 Å². The van der Waals surface area contributed by atoms with E-state index in [2.05, 4.69) is 162 Å². The molecule has 1 aromatic carbocycles. The third kappa shape index (κ3) is 9.44. The van der Waals surface area contributed by atoms with Gasteiger partial charge in [0.05, 0.1) is 5.70 Å². The molecule has 3 aliphatic rings. The predicted octanol–water partition coefficient (Wildman–Crippen LogP) is 11.7. The summed E-state index contributed by atoms with van der Waals surface area (Å²) in [5, 5.41) is 2.65. The lowest BCUT2D eigenvalue weighted by molar-refractivity contribution is 0.368. The molecule has 1 aromatic rings. The molecule has 0 amide bonds. The SMILES string of the molecule is C=C/C=C\C(=C)C1=c2ccccc2=C(C2=CC=CCC2)C(C(C)C/C(C)=C(\C=C/C)C(=C\CC)/N(C2=CC=NC=CC2)C(/C=C\CC)=N/C=C)C1C. The Morgan fingerprint density at radius 2 is 1.85 bits per heavy atom. The van der Waals surface area contributed by atoms with Gasteiger partial charge in [-0.15, -0.1) is 0 Å². The summed E-state index contributed by atoms with van der Waals surface area (Å²) in [7, 11) is 0. The van der Waals surface area contributed by atoms with Crippen LogP contribution < -0.4 is 10.4 Å². The first kappa shape index (κ1) is 39.8. The van der Waals surface area contributed by atoms with Crippen LogP contribution in [-0.4, -0.2) is 17.0 Å². The summed E-state index contributed by atoms with van der Waals surface area (Å²) < 4.78 is 0. The second kappa shape index (κ2) is 20.1. The molecule has 3 atom stereocenters. The van der Waals surface area contributed by atoms with E-state index >= 15 is 0 Å². The van der Waals surface area contributed by atoms with Crippen LogP contribution in [0, 0.1) is 17.8 Å². The third-order valence-electron chi connectivity index (χ3n) is 10.0. The van der Waals surface area contributed by atoms with E-state index in [0.29, 0.717) is 11.8 Å². The van der Waals surface area contributed by atoms with Gasteiger partial charge in [0.2, 0.25) is 0 Å². The zero-order valence-corrected chi connectivity index (χ0v) is 32.5. The van der Waals surface area contributed by atoms with Crippen LogP contribution in [0.25, 0.3) is 11.1 Å². The Morgan fingerprint density at radius 1 is 1.06 bits per heavy atom. The monoisotopic (exact) mass is 689 g/mol. The molecule has 3 nitrogen and oxygen atoms in total. The number of rotatable bonds is 15. The number of allylic oxidation sites excluding steroid dienone is 15. The second-order valence-corrected chi connectivity index (χ2v) is 13.7. The summed E-state index contributed by atoms with van der Waals surface area (Å²) in [6, 6.07) is 8.98. The summed E-state index contributed by atoms with van der Waals surface area (Å²) >= 11 is 0. The van der Waals surface area contributed by atoms with Crippen LogP contribution in [0.5, 0.6) is 0 Å². The number of hydrogen-bond acceptors (Lipinski definition) is 2. The van der Waals surface area contributed by atoms with Crippen molar-refractivity contribution < 1.29 is 0 Å². The lowest BCUT2D eigenvalue weighted by Gasteiger charge is -2.39. The van der Waals surface area contributed by atoms with E-state index in [9.17, 15) is 0 Å². The van der Waals surface area contributed by atoms with Crippen molar-refractivity contribution in [2.45, 2.75) is 80.1 Å². The van der Waals surface area contributed by atoms with Gasteiger partial charge in [0, 0.05) is 30.7 Å². The Kier molecular flexibility index (Phi) is 15.4. The smallest absolute Gasteiger partial charge is 0.136 e. The predicted molar refractivity (Wildman–Crippen MR) is 229 cm³/mol. The molecule has 0 radical (unpaired) electrons. The van der Waals surface area contributed by atoms with Gasteiger partial charge in [-0.3, -0.25) is 9.89 Å². The molecule has 0 bridgehead atoms. The quantitative estimate of drug-likeness (QED) is 0.102. The molecule has 3 unspecified atom stereocenters. The van der Waals surface area contributed by atoms with Crippen LogP contribution >= 0.6 is 0 Å². The number of benzene rings is 1. The molecule has 52 heavy (non-hydrogen) atoms. The Balaban J connectivity index is 1.93. The fourth-order valence-corrected chi connectivity index (χ4v) is 7.95. The minimum absolute atomic E-state index is 0.265. The van der Waals surface area contributed by atoms with Crippen molar-refractivity contribution in [3.8, 4) is 0 Å². The molecule has 0 aromatic heterocycles. The second-order valence-electron chi connectivity index (χ2n) is 13.7. The highest BCUT2D eigenvalue weighted by Gasteiger charge is 2.35. The maximum Gasteiger partial charge on any atom is 0.136 e. The fraction of sp³-hybridized carbons (Fsp3) is 0.306. The number of nitrogens with zero attached hydrogens (tertiary/aromatic N) is 3. The van der Waals surface area contributed by atoms with Crippen LogP contribution in [0.4, 0.5) is 0 Å². The van der Waals surface area contributed by atoms with E-state index in [4.69, 9.17) is 4.99 Å². The zero-order chi connectivity index (χ0) is 37.5. The first-order valence-corrected chi connectivity index (χ1v) is 19.1. The van der Waals surface area contributed by atoms with Crippen LogP contribution in [-0.2, 0) is 0 Å². The summed E-state index contributed by atoms with van der Waals surface area (Å²) in [6.07, 6.45) is 39.1. The van der Waals surface area contributed by atoms with Crippen LogP contribution in [0.1, 0.15) is 80.1 Å². The fourth-order valence-electron chi connectivity index (χ4n) is 7.95. The minimum atomic E-state index is 0.265. The normalized spacial score (nSPS) is 20.5. The highest BCUT2D eigenvalue weighted by atomic mass is 15.2. The molecule has 4 rings (SSSR count). The Labute approximate surface area is 314 Å². The molecule has 0 saturated heterocycles. The molecule has 1 heterocycles. The van der Waals surface area contributed by atoms with Gasteiger partial charge in [-0.25, -0.2) is 4.99 Å². The van der Waals surface area contributed by atoms with Crippen molar-refractivity contribution in [3.05, 3.63) is 180 Å². The van der Waals surface area contributed by atoms with Gasteiger partial charge in [0.25, 0.3) is 0 Å². The zero-order valence-electron chi connectivity index (χ0n) is 32.5. The van der Waals surface area contributed by atoms with E-state index in [1.807, 2.05) is 24.6 Å². The Hall–Kier alpha value is -5.02. The molecule has 0 saturated carbocycles. The van der Waals surface area contributed by atoms with Crippen molar-refractivity contribution in [2.75, 3.05) is 0 Å². The van der Waals surface area contributed by atoms with Crippen molar-refractivity contribution in [3.63, 3.8) is 0 Å². The van der Waals surface area contributed by atoms with Gasteiger partial charge < -0.3 is 0 Å². The Bertz CT molecular complexity index is 1960. The van der Waals surface area contributed by atoms with Crippen molar-refractivity contribution in [1.29, 1.82) is 0 Å². The number of amidine groups is 1. The average molecular weight is 690 g/mol. The number of fused-ring (bicyclic) bond motifs is 1. The molecule has 0 N–H and O–H groups in total. The van der Waals surface area contributed by atoms with E-state index < -0.39 is 0 Å². The first-order chi connectivity index (χ1) is 25.3. The van der Waals surface area contributed by atoms with Gasteiger partial charge in [0.1, 0.15) is 5.84 Å². The molecule has 3 heteroatoms. The number of hydrogen-bond donors (Lipinski definition) is 0. The summed E-state index contributed by atoms with van der Waals surface area (Å²) in [5.74, 6) is 1.73. The van der Waals surface area contributed by atoms with Gasteiger partial charge in [-0.2, -0.15) is 0 Å². The summed E-state index contributed by atoms with van der Waals surface area (Å²) in [6.45, 7) is 26.2. The van der Waals surface area contributed by atoms with E-state index in [0.717, 1.165) is 61.3 Å². The highest BCUT2D eigenvalue weighted by Crippen LogP contribution is 2.44. The standard InChI is InChI=1S/C49H59N3/c1-10-15-25-36(6)47-39(9)48(49(40-26-18-17-19-27-40)44-30-21-20-29-43(44)47)38(8)35-37(7)42(23-12-3)45(24-13-4)52(41-28-22-33-50-34-32-41)46(51-14-5)31-16-11-2/h10,12,14-18,20-26,29-34,38-39,48H,1,5-6,11,13,19,27-28,35H2,2-4,7-9H3/b23-12-,25-15-,31-16-,42-37+,45-24+,51-46+. The Morgan fingerprint density at radius 3 is 2.52 bits per heavy atom. The van der Waals surface area contributed by atoms with E-state index in [1.165, 1.54) is 38.3 Å². The first-order valence-electron chi connectivity index (χ1n) is 19.1. The van der Waals surface area contributed by atoms with E-state index in [-0.39, 0.29) is 5.92 Å². The lowest BCUT2D eigenvalue weighted by atomic mass is 9.65. The molecular weight excluding hydrogens is 631 g/mol. The van der Waals surface area contributed by atoms with Crippen molar-refractivity contribution in [2.24, 2.45) is 27.7 Å². The molecule has 270 valence electrons. The number of aliphatic imine (C=N–C) groups is 2. The van der Waals surface area contributed by atoms with Crippen LogP contribution in [0.3, 0.4) is 0 Å². The van der Waals surface area contributed by atoms with Crippen LogP contribution in [0.15, 0.2) is 179 Å². The van der Waals surface area contributed by atoms with Crippen molar-refractivity contribution in [1.82, 2.24) is 4.90 Å². The molecule has 2 aliphatic carbocycles. The molecular formula is C49H59N3. The topological polar surface area (TPSA) is 28.0 Å². The van der Waals surface area contributed by atoms with Gasteiger partial charge in [0.15, 0.2) is 0 Å². The molecule has 1 aliphatic heterocycles. The summed E-state index contributed by atoms with van der Waals surface area (Å²) in [4.78, 5) is 11.6. The van der Waals surface area contributed by atoms with Gasteiger partial charge in [-0.1, -0.05) is 144 Å². The van der Waals surface area contributed by atoms with Crippen LogP contribution in [0.2, 0.25) is 0 Å². The maximum absolute atomic E-state index is 4.83. The van der Waals surface area contributed by atoms with Gasteiger partial charge >= 0.3 is 0 Å². The largest absolute Gasteiger partial charge is 0.298 e. The molecule has 0 fully saturated rings. The molecule has 0 spiro atoms. The van der Waals surface area contributed by atoms with E-state index in [1.54, 1.807) is 6.20 Å². The lowest BCUT2D eigenvalue weighted by Crippen LogP contribution is -2.42. The maximum atomic E-state index is 4.83.